The smallest absolute Gasteiger partial charge is 0.300 e. The molecule has 1 aliphatic heterocycles. The highest BCUT2D eigenvalue weighted by molar-refractivity contribution is 6.52. The van der Waals surface area contributed by atoms with Crippen molar-refractivity contribution in [3.8, 4) is 11.5 Å². The summed E-state index contributed by atoms with van der Waals surface area (Å²) in [5, 5.41) is 12.2. The van der Waals surface area contributed by atoms with Crippen LogP contribution in [0.3, 0.4) is 0 Å². The summed E-state index contributed by atoms with van der Waals surface area (Å²) in [4.78, 5) is 28.5. The van der Waals surface area contributed by atoms with E-state index in [1.165, 1.54) is 31.3 Å². The van der Waals surface area contributed by atoms with Gasteiger partial charge in [-0.2, -0.15) is 0 Å². The molecule has 1 amide bonds. The Morgan fingerprint density at radius 2 is 1.55 bits per heavy atom. The van der Waals surface area contributed by atoms with Gasteiger partial charge in [-0.15, -0.1) is 0 Å². The average Bonchev–Trinajstić information content (AvgIpc) is 3.14. The number of hydrogen-bond acceptors (Lipinski definition) is 5. The molecule has 1 heterocycles. The average molecular weight is 554 g/mol. The Kier molecular flexibility index (Phi) is 7.51. The van der Waals surface area contributed by atoms with Crippen LogP contribution in [-0.4, -0.2) is 31.0 Å². The second-order valence-corrected chi connectivity index (χ2v) is 11.0. The number of carbonyl (C=O) groups excluding carboxylic acids is 2. The van der Waals surface area contributed by atoms with Crippen molar-refractivity contribution in [1.29, 1.82) is 0 Å². The quantitative estimate of drug-likeness (QED) is 0.204. The first-order chi connectivity index (χ1) is 17.9. The van der Waals surface area contributed by atoms with Crippen LogP contribution in [0, 0.1) is 6.92 Å². The number of methoxy groups -OCH3 is 2. The number of nitrogens with zero attached hydrogens (tertiary/aromatic N) is 1. The van der Waals surface area contributed by atoms with Crippen LogP contribution in [0.25, 0.3) is 5.76 Å². The van der Waals surface area contributed by atoms with Gasteiger partial charge in [0.25, 0.3) is 11.7 Å². The van der Waals surface area contributed by atoms with Crippen molar-refractivity contribution in [3.05, 3.63) is 92.5 Å². The fraction of sp³-hybridized carbons (Fsp3) is 0.267. The summed E-state index contributed by atoms with van der Waals surface area (Å²) in [6.07, 6.45) is 0. The first-order valence-corrected chi connectivity index (χ1v) is 12.7. The van der Waals surface area contributed by atoms with Gasteiger partial charge in [0.05, 0.1) is 36.4 Å². The van der Waals surface area contributed by atoms with Crippen molar-refractivity contribution in [2.45, 2.75) is 39.2 Å². The molecule has 198 valence electrons. The van der Waals surface area contributed by atoms with E-state index in [1.54, 1.807) is 18.2 Å². The molecule has 3 aromatic rings. The zero-order valence-electron chi connectivity index (χ0n) is 22.1. The van der Waals surface area contributed by atoms with Crippen molar-refractivity contribution in [3.63, 3.8) is 0 Å². The molecule has 0 radical (unpaired) electrons. The van der Waals surface area contributed by atoms with Gasteiger partial charge in [-0.25, -0.2) is 0 Å². The maximum absolute atomic E-state index is 13.6. The van der Waals surface area contributed by atoms with Gasteiger partial charge in [0.1, 0.15) is 17.3 Å². The maximum atomic E-state index is 13.6. The molecule has 1 unspecified atom stereocenters. The molecule has 6 nitrogen and oxygen atoms in total. The lowest BCUT2D eigenvalue weighted by molar-refractivity contribution is -0.132. The third-order valence-corrected chi connectivity index (χ3v) is 7.23. The zero-order valence-corrected chi connectivity index (χ0v) is 23.6. The van der Waals surface area contributed by atoms with Crippen molar-refractivity contribution in [1.82, 2.24) is 0 Å². The number of hydrogen-bond donors (Lipinski definition) is 1. The number of amides is 1. The molecule has 0 saturated carbocycles. The van der Waals surface area contributed by atoms with E-state index in [0.29, 0.717) is 22.0 Å². The van der Waals surface area contributed by atoms with Crippen LogP contribution in [0.1, 0.15) is 49.1 Å². The van der Waals surface area contributed by atoms with E-state index >= 15 is 0 Å². The summed E-state index contributed by atoms with van der Waals surface area (Å²) < 4.78 is 10.7. The molecule has 0 spiro atoms. The number of rotatable bonds is 5. The van der Waals surface area contributed by atoms with E-state index in [4.69, 9.17) is 32.7 Å². The van der Waals surface area contributed by atoms with Crippen molar-refractivity contribution >= 4 is 46.3 Å². The number of aryl methyl sites for hydroxylation is 1. The maximum Gasteiger partial charge on any atom is 0.300 e. The highest BCUT2D eigenvalue weighted by Crippen LogP contribution is 2.46. The van der Waals surface area contributed by atoms with Crippen LogP contribution in [0.2, 0.25) is 10.0 Å². The zero-order chi connectivity index (χ0) is 27.9. The van der Waals surface area contributed by atoms with Crippen molar-refractivity contribution in [2.75, 3.05) is 19.1 Å². The van der Waals surface area contributed by atoms with Gasteiger partial charge in [-0.1, -0.05) is 74.3 Å². The van der Waals surface area contributed by atoms with Crippen molar-refractivity contribution in [2.24, 2.45) is 0 Å². The largest absolute Gasteiger partial charge is 0.507 e. The molecule has 4 rings (SSSR count). The van der Waals surface area contributed by atoms with Crippen LogP contribution >= 0.6 is 23.2 Å². The van der Waals surface area contributed by atoms with Gasteiger partial charge in [0, 0.05) is 16.8 Å². The van der Waals surface area contributed by atoms with Gasteiger partial charge in [-0.05, 0) is 47.2 Å². The predicted molar refractivity (Wildman–Crippen MR) is 151 cm³/mol. The summed E-state index contributed by atoms with van der Waals surface area (Å²) in [6, 6.07) is 14.8. The lowest BCUT2D eigenvalue weighted by Gasteiger charge is -2.28. The highest BCUT2D eigenvalue weighted by Gasteiger charge is 2.47. The SMILES string of the molecule is COc1cc(OC)c(/C(O)=C2\C(=O)C(=O)N(c3cc(Cl)ccc3C)C2c2ccc(C(C)(C)C)cc2)cc1Cl. The fourth-order valence-corrected chi connectivity index (χ4v) is 5.00. The Hall–Kier alpha value is -3.48. The molecule has 1 N–H and O–H groups in total. The molecule has 0 aromatic heterocycles. The summed E-state index contributed by atoms with van der Waals surface area (Å²) >= 11 is 12.7. The highest BCUT2D eigenvalue weighted by atomic mass is 35.5. The van der Waals surface area contributed by atoms with Crippen LogP contribution < -0.4 is 14.4 Å². The number of ether oxygens (including phenoxy) is 2. The monoisotopic (exact) mass is 553 g/mol. The number of anilines is 1. The summed E-state index contributed by atoms with van der Waals surface area (Å²) in [5.74, 6) is -1.45. The second-order valence-electron chi connectivity index (χ2n) is 10.2. The minimum atomic E-state index is -0.924. The fourth-order valence-electron chi connectivity index (χ4n) is 4.59. The molecule has 38 heavy (non-hydrogen) atoms. The second kappa shape index (κ2) is 10.4. The summed E-state index contributed by atoms with van der Waals surface area (Å²) in [6.45, 7) is 8.13. The number of ketones is 1. The molecule has 0 aliphatic carbocycles. The van der Waals surface area contributed by atoms with E-state index in [9.17, 15) is 14.7 Å². The molecule has 3 aromatic carbocycles. The molecule has 1 atom stereocenters. The van der Waals surface area contributed by atoms with E-state index in [1.807, 2.05) is 31.2 Å². The number of benzene rings is 3. The molecule has 1 aliphatic rings. The number of halogens is 2. The Labute approximate surface area is 232 Å². The lowest BCUT2D eigenvalue weighted by Crippen LogP contribution is -2.30. The third-order valence-electron chi connectivity index (χ3n) is 6.70. The van der Waals surface area contributed by atoms with Gasteiger partial charge in [-0.3, -0.25) is 14.5 Å². The van der Waals surface area contributed by atoms with Crippen LogP contribution in [0.5, 0.6) is 11.5 Å². The first-order valence-electron chi connectivity index (χ1n) is 12.0. The van der Waals surface area contributed by atoms with Gasteiger partial charge >= 0.3 is 0 Å². The standard InChI is InChI=1S/C30H29Cl2NO5/c1-16-7-12-19(31)13-22(16)33-26(17-8-10-18(11-9-17)30(2,3)4)25(28(35)29(33)36)27(34)20-14-21(32)24(38-6)15-23(20)37-5/h7-15,26,34H,1-6H3/b27-25+. The normalized spacial score (nSPS) is 17.2. The Balaban J connectivity index is 2.01. The summed E-state index contributed by atoms with van der Waals surface area (Å²) in [5.41, 5.74) is 2.93. The molecule has 0 bridgehead atoms. The molecule has 8 heteroatoms. The molecular weight excluding hydrogens is 525 g/mol. The molecular formula is C30H29Cl2NO5. The predicted octanol–water partition coefficient (Wildman–Crippen LogP) is 7.24. The van der Waals surface area contributed by atoms with Gasteiger partial charge in [0.15, 0.2) is 0 Å². The number of aliphatic hydroxyl groups excluding tert-OH is 1. The number of aliphatic hydroxyl groups is 1. The lowest BCUT2D eigenvalue weighted by atomic mass is 9.85. The van der Waals surface area contributed by atoms with E-state index in [0.717, 1.165) is 11.1 Å². The van der Waals surface area contributed by atoms with Crippen LogP contribution in [-0.2, 0) is 15.0 Å². The minimum Gasteiger partial charge on any atom is -0.507 e. The van der Waals surface area contributed by atoms with Gasteiger partial charge < -0.3 is 14.6 Å². The number of Topliss-reactive ketones (excluding diaryl/α,β-unsaturated/α-hetero) is 1. The Morgan fingerprint density at radius 1 is 0.921 bits per heavy atom. The van der Waals surface area contributed by atoms with E-state index < -0.39 is 23.5 Å². The van der Waals surface area contributed by atoms with Crippen LogP contribution in [0.4, 0.5) is 5.69 Å². The topological polar surface area (TPSA) is 76.1 Å². The van der Waals surface area contributed by atoms with Crippen molar-refractivity contribution < 1.29 is 24.2 Å². The van der Waals surface area contributed by atoms with E-state index in [2.05, 4.69) is 20.8 Å². The molecule has 1 saturated heterocycles. The van der Waals surface area contributed by atoms with E-state index in [-0.39, 0.29) is 27.3 Å². The molecule has 1 fully saturated rings. The first kappa shape index (κ1) is 27.6. The Morgan fingerprint density at radius 3 is 2.13 bits per heavy atom. The minimum absolute atomic E-state index is 0.0857. The van der Waals surface area contributed by atoms with Crippen LogP contribution in [0.15, 0.2) is 60.2 Å². The third kappa shape index (κ3) is 4.86. The summed E-state index contributed by atoms with van der Waals surface area (Å²) in [7, 11) is 2.89. The Bertz CT molecular complexity index is 1450. The van der Waals surface area contributed by atoms with Gasteiger partial charge in [0.2, 0.25) is 0 Å². The number of carbonyl (C=O) groups is 2.